The van der Waals surface area contributed by atoms with E-state index in [1.165, 1.54) is 12.3 Å². The van der Waals surface area contributed by atoms with E-state index in [1.54, 1.807) is 0 Å². The van der Waals surface area contributed by atoms with Gasteiger partial charge in [0.15, 0.2) is 6.10 Å². The van der Waals surface area contributed by atoms with Crippen LogP contribution in [0, 0.1) is 0 Å². The van der Waals surface area contributed by atoms with Crippen LogP contribution in [0.1, 0.15) is 16.8 Å². The number of aliphatic hydroxyl groups excluding tert-OH is 1. The average Bonchev–Trinajstić information content (AvgIpc) is 2.32. The molecule has 1 atom stereocenters. The van der Waals surface area contributed by atoms with Gasteiger partial charge in [0, 0.05) is 19.2 Å². The number of carboxylic acid groups (broad SMARTS) is 1. The summed E-state index contributed by atoms with van der Waals surface area (Å²) in [5.74, 6) is -1.81. The van der Waals surface area contributed by atoms with Gasteiger partial charge in [0.1, 0.15) is 5.15 Å². The van der Waals surface area contributed by atoms with Crippen molar-refractivity contribution in [2.45, 2.75) is 12.5 Å². The summed E-state index contributed by atoms with van der Waals surface area (Å²) in [6, 6.07) is 1.35. The highest BCUT2D eigenvalue weighted by Gasteiger charge is 2.14. The normalized spacial score (nSPS) is 11.9. The molecule has 0 aliphatic heterocycles. The van der Waals surface area contributed by atoms with Crippen molar-refractivity contribution in [3.63, 3.8) is 0 Å². The monoisotopic (exact) mass is 292 g/mol. The maximum atomic E-state index is 11.6. The number of nitrogens with one attached hydrogen (secondary N) is 1. The maximum absolute atomic E-state index is 11.6. The van der Waals surface area contributed by atoms with Crippen molar-refractivity contribution in [1.82, 2.24) is 10.3 Å². The second-order valence-corrected chi connectivity index (χ2v) is 4.16. The van der Waals surface area contributed by atoms with Gasteiger partial charge in [-0.3, -0.25) is 4.79 Å². The number of halogens is 2. The van der Waals surface area contributed by atoms with Crippen molar-refractivity contribution >= 4 is 35.1 Å². The third kappa shape index (κ3) is 4.14. The molecule has 0 aliphatic rings. The Balaban J connectivity index is 2.50. The highest BCUT2D eigenvalue weighted by Crippen LogP contribution is 2.19. The van der Waals surface area contributed by atoms with Crippen LogP contribution in [0.3, 0.4) is 0 Å². The molecule has 6 nitrogen and oxygen atoms in total. The van der Waals surface area contributed by atoms with Crippen LogP contribution in [-0.2, 0) is 4.79 Å². The Bertz CT molecular complexity index is 467. The summed E-state index contributed by atoms with van der Waals surface area (Å²) in [7, 11) is 0. The molecule has 1 aromatic rings. The fraction of sp³-hybridized carbons (Fsp3) is 0.300. The van der Waals surface area contributed by atoms with Crippen LogP contribution in [0.25, 0.3) is 0 Å². The minimum absolute atomic E-state index is 0.0204. The van der Waals surface area contributed by atoms with Crippen LogP contribution in [0.4, 0.5) is 0 Å². The molecule has 0 fully saturated rings. The Morgan fingerprint density at radius 1 is 1.44 bits per heavy atom. The summed E-state index contributed by atoms with van der Waals surface area (Å²) in [5.41, 5.74) is 0.203. The van der Waals surface area contributed by atoms with Crippen molar-refractivity contribution < 1.29 is 19.8 Å². The summed E-state index contributed by atoms with van der Waals surface area (Å²) < 4.78 is 0. The number of hydrogen-bond acceptors (Lipinski definition) is 4. The van der Waals surface area contributed by atoms with Crippen molar-refractivity contribution in [3.8, 4) is 0 Å². The van der Waals surface area contributed by atoms with Crippen molar-refractivity contribution in [3.05, 3.63) is 28.0 Å². The first-order valence-electron chi connectivity index (χ1n) is 4.92. The lowest BCUT2D eigenvalue weighted by Gasteiger charge is -2.07. The number of carboxylic acids is 1. The fourth-order valence-electron chi connectivity index (χ4n) is 1.09. The largest absolute Gasteiger partial charge is 0.479 e. The predicted octanol–water partition coefficient (Wildman–Crippen LogP) is 0.954. The topological polar surface area (TPSA) is 99.5 Å². The Labute approximate surface area is 113 Å². The summed E-state index contributed by atoms with van der Waals surface area (Å²) in [4.78, 5) is 25.6. The van der Waals surface area contributed by atoms with Crippen molar-refractivity contribution in [1.29, 1.82) is 0 Å². The van der Waals surface area contributed by atoms with Gasteiger partial charge in [0.05, 0.1) is 10.6 Å². The van der Waals surface area contributed by atoms with Crippen LogP contribution in [0.5, 0.6) is 0 Å². The molecule has 0 aromatic carbocycles. The number of hydrogen-bond donors (Lipinski definition) is 3. The first-order chi connectivity index (χ1) is 8.41. The first kappa shape index (κ1) is 14.7. The van der Waals surface area contributed by atoms with Crippen LogP contribution in [-0.4, -0.2) is 39.7 Å². The van der Waals surface area contributed by atoms with E-state index in [4.69, 9.17) is 33.4 Å². The Morgan fingerprint density at radius 3 is 2.67 bits per heavy atom. The molecule has 0 spiro atoms. The van der Waals surface area contributed by atoms with Gasteiger partial charge < -0.3 is 15.5 Å². The van der Waals surface area contributed by atoms with Gasteiger partial charge in [-0.25, -0.2) is 9.78 Å². The smallest absolute Gasteiger partial charge is 0.332 e. The number of carbonyl (C=O) groups is 2. The number of aliphatic carboxylic acids is 1. The van der Waals surface area contributed by atoms with E-state index in [1.807, 2.05) is 0 Å². The third-order valence-electron chi connectivity index (χ3n) is 2.05. The van der Waals surface area contributed by atoms with Gasteiger partial charge in [-0.1, -0.05) is 23.2 Å². The zero-order chi connectivity index (χ0) is 13.7. The molecule has 0 saturated heterocycles. The van der Waals surface area contributed by atoms with Gasteiger partial charge in [0.25, 0.3) is 5.91 Å². The van der Waals surface area contributed by atoms with E-state index in [2.05, 4.69) is 10.3 Å². The zero-order valence-electron chi connectivity index (χ0n) is 9.06. The molecule has 0 saturated carbocycles. The molecular formula is C10H10Cl2N2O4. The van der Waals surface area contributed by atoms with E-state index in [9.17, 15) is 9.59 Å². The van der Waals surface area contributed by atoms with Crippen LogP contribution in [0.15, 0.2) is 12.3 Å². The molecule has 0 aliphatic carbocycles. The van der Waals surface area contributed by atoms with E-state index < -0.39 is 18.0 Å². The zero-order valence-corrected chi connectivity index (χ0v) is 10.6. The number of carbonyl (C=O) groups excluding carboxylic acids is 1. The van der Waals surface area contributed by atoms with Crippen molar-refractivity contribution in [2.75, 3.05) is 6.54 Å². The summed E-state index contributed by atoms with van der Waals surface area (Å²) in [6.07, 6.45) is -0.343. The number of aliphatic hydroxyl groups is 1. The molecule has 1 rings (SSSR count). The van der Waals surface area contributed by atoms with Gasteiger partial charge in [-0.15, -0.1) is 0 Å². The van der Waals surface area contributed by atoms with Gasteiger partial charge in [-0.2, -0.15) is 0 Å². The molecule has 1 heterocycles. The van der Waals surface area contributed by atoms with E-state index in [-0.39, 0.29) is 28.7 Å². The van der Waals surface area contributed by atoms with E-state index >= 15 is 0 Å². The summed E-state index contributed by atoms with van der Waals surface area (Å²) >= 11 is 11.3. The van der Waals surface area contributed by atoms with Gasteiger partial charge in [-0.05, 0) is 6.07 Å². The molecule has 0 unspecified atom stereocenters. The first-order valence-corrected chi connectivity index (χ1v) is 5.67. The molecular weight excluding hydrogens is 283 g/mol. The molecule has 18 heavy (non-hydrogen) atoms. The van der Waals surface area contributed by atoms with Crippen molar-refractivity contribution in [2.24, 2.45) is 0 Å². The number of aromatic nitrogens is 1. The highest BCUT2D eigenvalue weighted by molar-refractivity contribution is 6.41. The van der Waals surface area contributed by atoms with Gasteiger partial charge in [0.2, 0.25) is 0 Å². The molecule has 0 bridgehead atoms. The second-order valence-electron chi connectivity index (χ2n) is 3.40. The standard InChI is InChI=1S/C10H10Cl2N2O4/c11-6-3-5(4-14-8(6)12)9(16)13-2-1-7(15)10(17)18/h3-4,7,15H,1-2H2,(H,13,16)(H,17,18)/t7-/m0/s1. The maximum Gasteiger partial charge on any atom is 0.332 e. The predicted molar refractivity (Wildman–Crippen MR) is 64.8 cm³/mol. The lowest BCUT2D eigenvalue weighted by molar-refractivity contribution is -0.146. The number of nitrogens with zero attached hydrogens (tertiary/aromatic N) is 1. The Hall–Kier alpha value is -1.37. The third-order valence-corrected chi connectivity index (χ3v) is 2.73. The van der Waals surface area contributed by atoms with Gasteiger partial charge >= 0.3 is 5.97 Å². The molecule has 8 heteroatoms. The highest BCUT2D eigenvalue weighted by atomic mass is 35.5. The number of rotatable bonds is 5. The number of pyridine rings is 1. The minimum Gasteiger partial charge on any atom is -0.479 e. The Kier molecular flexibility index (Phi) is 5.33. The lowest BCUT2D eigenvalue weighted by atomic mass is 10.2. The fourth-order valence-corrected chi connectivity index (χ4v) is 1.36. The minimum atomic E-state index is -1.50. The molecule has 98 valence electrons. The number of amides is 1. The molecule has 1 aromatic heterocycles. The van der Waals surface area contributed by atoms with Crippen LogP contribution >= 0.6 is 23.2 Å². The summed E-state index contributed by atoms with van der Waals surface area (Å²) in [5, 5.41) is 20.1. The van der Waals surface area contributed by atoms with Crippen LogP contribution < -0.4 is 5.32 Å². The molecule has 3 N–H and O–H groups in total. The second kappa shape index (κ2) is 6.53. The van der Waals surface area contributed by atoms with E-state index in [0.29, 0.717) is 0 Å². The SMILES string of the molecule is O=C(NCC[C@H](O)C(=O)O)c1cnc(Cl)c(Cl)c1. The molecule has 0 radical (unpaired) electrons. The quantitative estimate of drug-likeness (QED) is 0.702. The Morgan fingerprint density at radius 2 is 2.11 bits per heavy atom. The molecule has 1 amide bonds. The summed E-state index contributed by atoms with van der Waals surface area (Å²) in [6.45, 7) is 0.0204. The van der Waals surface area contributed by atoms with Crippen LogP contribution in [0.2, 0.25) is 10.2 Å². The lowest BCUT2D eigenvalue weighted by Crippen LogP contribution is -2.30. The van der Waals surface area contributed by atoms with E-state index in [0.717, 1.165) is 0 Å². The average molecular weight is 293 g/mol.